The summed E-state index contributed by atoms with van der Waals surface area (Å²) in [6, 6.07) is 4.37. The average molecular weight is 367 g/mol. The zero-order valence-electron chi connectivity index (χ0n) is 13.5. The Balaban J connectivity index is 1.61. The van der Waals surface area contributed by atoms with Gasteiger partial charge in [0.05, 0.1) is 12.1 Å². The van der Waals surface area contributed by atoms with E-state index in [0.29, 0.717) is 17.1 Å². The number of rotatable bonds is 3. The Morgan fingerprint density at radius 3 is 2.88 bits per heavy atom. The van der Waals surface area contributed by atoms with E-state index >= 15 is 0 Å². The summed E-state index contributed by atoms with van der Waals surface area (Å²) in [5.41, 5.74) is 0.545. The SMILES string of the molecule is C[C@H](O)[C@H]1NC(=O)[C@@H]2C[C@H](NC(=O)Nc3cccc(Cl)c3)CN2C1=O. The molecule has 8 nitrogen and oxygen atoms in total. The highest BCUT2D eigenvalue weighted by Crippen LogP contribution is 2.24. The number of nitrogens with zero attached hydrogens (tertiary/aromatic N) is 1. The summed E-state index contributed by atoms with van der Waals surface area (Å²) >= 11 is 5.87. The van der Waals surface area contributed by atoms with Crippen LogP contribution in [-0.4, -0.2) is 58.6 Å². The third-order valence-corrected chi connectivity index (χ3v) is 4.59. The number of amides is 4. The second-order valence-corrected chi connectivity index (χ2v) is 6.71. The lowest BCUT2D eigenvalue weighted by Gasteiger charge is -2.35. The molecule has 4 N–H and O–H groups in total. The second-order valence-electron chi connectivity index (χ2n) is 6.27. The molecular weight excluding hydrogens is 348 g/mol. The molecule has 9 heteroatoms. The largest absolute Gasteiger partial charge is 0.391 e. The Labute approximate surface area is 149 Å². The first-order valence-corrected chi connectivity index (χ1v) is 8.35. The molecule has 0 saturated carbocycles. The van der Waals surface area contributed by atoms with E-state index in [0.717, 1.165) is 0 Å². The van der Waals surface area contributed by atoms with Crippen LogP contribution in [0.25, 0.3) is 0 Å². The number of aliphatic hydroxyl groups is 1. The van der Waals surface area contributed by atoms with Crippen molar-refractivity contribution >= 4 is 35.1 Å². The van der Waals surface area contributed by atoms with Crippen LogP contribution in [0.3, 0.4) is 0 Å². The second kappa shape index (κ2) is 6.89. The smallest absolute Gasteiger partial charge is 0.319 e. The number of urea groups is 1. The number of aliphatic hydroxyl groups excluding tert-OH is 1. The van der Waals surface area contributed by atoms with Gasteiger partial charge in [-0.15, -0.1) is 0 Å². The average Bonchev–Trinajstić information content (AvgIpc) is 2.95. The molecule has 25 heavy (non-hydrogen) atoms. The first kappa shape index (κ1) is 17.5. The monoisotopic (exact) mass is 366 g/mol. The van der Waals surface area contributed by atoms with Gasteiger partial charge in [0, 0.05) is 17.3 Å². The van der Waals surface area contributed by atoms with Crippen molar-refractivity contribution in [2.75, 3.05) is 11.9 Å². The molecule has 0 unspecified atom stereocenters. The highest BCUT2D eigenvalue weighted by Gasteiger charge is 2.47. The van der Waals surface area contributed by atoms with Crippen LogP contribution in [0.5, 0.6) is 0 Å². The molecule has 2 heterocycles. The minimum absolute atomic E-state index is 0.225. The van der Waals surface area contributed by atoms with E-state index in [1.165, 1.54) is 11.8 Å². The molecule has 0 radical (unpaired) electrons. The molecule has 134 valence electrons. The molecule has 0 aliphatic carbocycles. The third kappa shape index (κ3) is 3.69. The number of halogens is 1. The summed E-state index contributed by atoms with van der Waals surface area (Å²) in [4.78, 5) is 38.0. The van der Waals surface area contributed by atoms with Crippen LogP contribution in [0.15, 0.2) is 24.3 Å². The highest BCUT2D eigenvalue weighted by atomic mass is 35.5. The maximum Gasteiger partial charge on any atom is 0.319 e. The molecule has 1 aromatic carbocycles. The van der Waals surface area contributed by atoms with Gasteiger partial charge in [0.2, 0.25) is 11.8 Å². The standard InChI is InChI=1S/C16H19ClN4O4/c1-8(22)13-15(24)21-7-11(6-12(21)14(23)20-13)19-16(25)18-10-4-2-3-9(17)5-10/h2-5,8,11-13,22H,6-7H2,1H3,(H,20,23)(H2,18,19,25)/t8-,11-,12-,13+/m0/s1. The van der Waals surface area contributed by atoms with Crippen LogP contribution >= 0.6 is 11.6 Å². The number of anilines is 1. The summed E-state index contributed by atoms with van der Waals surface area (Å²) in [5, 5.41) is 18.1. The van der Waals surface area contributed by atoms with Crippen molar-refractivity contribution in [3.8, 4) is 0 Å². The summed E-state index contributed by atoms with van der Waals surface area (Å²) in [5.74, 6) is -0.649. The number of carbonyl (C=O) groups is 3. The van der Waals surface area contributed by atoms with Gasteiger partial charge in [-0.3, -0.25) is 9.59 Å². The lowest BCUT2D eigenvalue weighted by atomic mass is 10.0. The minimum atomic E-state index is -0.976. The van der Waals surface area contributed by atoms with E-state index < -0.39 is 24.2 Å². The predicted molar refractivity (Wildman–Crippen MR) is 91.1 cm³/mol. The zero-order chi connectivity index (χ0) is 18.1. The first-order valence-electron chi connectivity index (χ1n) is 7.97. The Bertz CT molecular complexity index is 711. The molecule has 0 bridgehead atoms. The van der Waals surface area contributed by atoms with Crippen LogP contribution in [0, 0.1) is 0 Å². The molecule has 0 spiro atoms. The fourth-order valence-corrected chi connectivity index (χ4v) is 3.36. The lowest BCUT2D eigenvalue weighted by Crippen LogP contribution is -2.64. The normalized spacial score (nSPS) is 26.7. The Hall–Kier alpha value is -2.32. The fourth-order valence-electron chi connectivity index (χ4n) is 3.17. The molecular formula is C16H19ClN4O4. The van der Waals surface area contributed by atoms with Crippen molar-refractivity contribution in [1.29, 1.82) is 0 Å². The highest BCUT2D eigenvalue weighted by molar-refractivity contribution is 6.30. The molecule has 2 aliphatic heterocycles. The van der Waals surface area contributed by atoms with E-state index in [9.17, 15) is 19.5 Å². The van der Waals surface area contributed by atoms with Crippen LogP contribution in [-0.2, 0) is 9.59 Å². The summed E-state index contributed by atoms with van der Waals surface area (Å²) < 4.78 is 0. The van der Waals surface area contributed by atoms with Crippen LogP contribution in [0.1, 0.15) is 13.3 Å². The van der Waals surface area contributed by atoms with Gasteiger partial charge in [0.15, 0.2) is 0 Å². The molecule has 2 fully saturated rings. The molecule has 0 aromatic heterocycles. The number of benzene rings is 1. The number of fused-ring (bicyclic) bond motifs is 1. The molecule has 2 aliphatic rings. The van der Waals surface area contributed by atoms with Crippen LogP contribution < -0.4 is 16.0 Å². The van der Waals surface area contributed by atoms with Crippen molar-refractivity contribution in [1.82, 2.24) is 15.5 Å². The van der Waals surface area contributed by atoms with E-state index in [2.05, 4.69) is 16.0 Å². The fraction of sp³-hybridized carbons (Fsp3) is 0.438. The van der Waals surface area contributed by atoms with Crippen molar-refractivity contribution in [2.24, 2.45) is 0 Å². The van der Waals surface area contributed by atoms with E-state index in [-0.39, 0.29) is 24.4 Å². The Kier molecular flexibility index (Phi) is 4.82. The van der Waals surface area contributed by atoms with Gasteiger partial charge in [0.1, 0.15) is 12.1 Å². The van der Waals surface area contributed by atoms with Gasteiger partial charge < -0.3 is 26.0 Å². The van der Waals surface area contributed by atoms with Crippen LogP contribution in [0.4, 0.5) is 10.5 Å². The van der Waals surface area contributed by atoms with E-state index in [4.69, 9.17) is 11.6 Å². The summed E-state index contributed by atoms with van der Waals surface area (Å²) in [7, 11) is 0. The zero-order valence-corrected chi connectivity index (χ0v) is 14.3. The predicted octanol–water partition coefficient (Wildman–Crippen LogP) is 0.310. The molecule has 1 aromatic rings. The van der Waals surface area contributed by atoms with Crippen molar-refractivity contribution in [3.63, 3.8) is 0 Å². The van der Waals surface area contributed by atoms with Gasteiger partial charge >= 0.3 is 6.03 Å². The Morgan fingerprint density at radius 2 is 2.20 bits per heavy atom. The number of hydrogen-bond acceptors (Lipinski definition) is 4. The van der Waals surface area contributed by atoms with Gasteiger partial charge in [-0.1, -0.05) is 17.7 Å². The van der Waals surface area contributed by atoms with Crippen LogP contribution in [0.2, 0.25) is 5.02 Å². The molecule has 2 saturated heterocycles. The van der Waals surface area contributed by atoms with Crippen molar-refractivity contribution in [3.05, 3.63) is 29.3 Å². The van der Waals surface area contributed by atoms with Crippen molar-refractivity contribution < 1.29 is 19.5 Å². The van der Waals surface area contributed by atoms with E-state index in [1.54, 1.807) is 24.3 Å². The Morgan fingerprint density at radius 1 is 1.44 bits per heavy atom. The lowest BCUT2D eigenvalue weighted by molar-refractivity contribution is -0.149. The number of piperazine rings is 1. The number of carbonyl (C=O) groups excluding carboxylic acids is 3. The quantitative estimate of drug-likeness (QED) is 0.617. The first-order chi connectivity index (χ1) is 11.8. The third-order valence-electron chi connectivity index (χ3n) is 4.35. The maximum absolute atomic E-state index is 12.4. The minimum Gasteiger partial charge on any atom is -0.391 e. The van der Waals surface area contributed by atoms with Gasteiger partial charge in [-0.25, -0.2) is 4.79 Å². The summed E-state index contributed by atoms with van der Waals surface area (Å²) in [6.07, 6.45) is -0.650. The molecule has 4 amide bonds. The number of nitrogens with one attached hydrogen (secondary N) is 3. The summed E-state index contributed by atoms with van der Waals surface area (Å²) in [6.45, 7) is 1.68. The van der Waals surface area contributed by atoms with Gasteiger partial charge in [-0.05, 0) is 31.5 Å². The van der Waals surface area contributed by atoms with Gasteiger partial charge in [-0.2, -0.15) is 0 Å². The molecule has 4 atom stereocenters. The number of hydrogen-bond donors (Lipinski definition) is 4. The van der Waals surface area contributed by atoms with E-state index in [1.807, 2.05) is 0 Å². The maximum atomic E-state index is 12.4. The molecule has 3 rings (SSSR count). The van der Waals surface area contributed by atoms with Gasteiger partial charge in [0.25, 0.3) is 0 Å². The topological polar surface area (TPSA) is 111 Å². The van der Waals surface area contributed by atoms with Crippen molar-refractivity contribution in [2.45, 2.75) is 37.6 Å².